The Morgan fingerprint density at radius 3 is 2.50 bits per heavy atom. The van der Waals surface area contributed by atoms with E-state index < -0.39 is 18.3 Å². The highest BCUT2D eigenvalue weighted by molar-refractivity contribution is 6.48. The molecule has 1 N–H and O–H groups in total. The number of fused-ring (bicyclic) bond motifs is 1. The van der Waals surface area contributed by atoms with Gasteiger partial charge in [-0.3, -0.25) is 4.79 Å². The van der Waals surface area contributed by atoms with Crippen LogP contribution in [0.25, 0.3) is 10.9 Å². The van der Waals surface area contributed by atoms with Gasteiger partial charge >= 0.3 is 13.1 Å². The van der Waals surface area contributed by atoms with Crippen LogP contribution in [0.3, 0.4) is 0 Å². The van der Waals surface area contributed by atoms with Crippen molar-refractivity contribution in [1.82, 2.24) is 4.98 Å². The van der Waals surface area contributed by atoms with Crippen LogP contribution in [0.2, 0.25) is 0 Å². The van der Waals surface area contributed by atoms with E-state index in [-0.39, 0.29) is 18.2 Å². The van der Waals surface area contributed by atoms with Gasteiger partial charge in [-0.25, -0.2) is 0 Å². The summed E-state index contributed by atoms with van der Waals surface area (Å²) in [4.78, 5) is 15.6. The molecule has 5 nitrogen and oxygen atoms in total. The topological polar surface area (TPSA) is 60.6 Å². The molecule has 26 heavy (non-hydrogen) atoms. The summed E-state index contributed by atoms with van der Waals surface area (Å²) in [5, 5.41) is 1.09. The van der Waals surface area contributed by atoms with Crippen LogP contribution in [0, 0.1) is 6.92 Å². The number of H-pyrrole nitrogens is 1. The van der Waals surface area contributed by atoms with Crippen LogP contribution < -0.4 is 0 Å². The van der Waals surface area contributed by atoms with Gasteiger partial charge in [0, 0.05) is 22.9 Å². The third-order valence-corrected chi connectivity index (χ3v) is 5.56. The van der Waals surface area contributed by atoms with Gasteiger partial charge in [0.25, 0.3) is 0 Å². The van der Waals surface area contributed by atoms with Crippen LogP contribution in [-0.2, 0) is 18.8 Å². The molecule has 1 atom stereocenters. The van der Waals surface area contributed by atoms with E-state index in [2.05, 4.69) is 30.1 Å². The molecule has 1 aliphatic heterocycles. The van der Waals surface area contributed by atoms with Crippen molar-refractivity contribution in [2.45, 2.75) is 65.0 Å². The Kier molecular flexibility index (Phi) is 4.93. The van der Waals surface area contributed by atoms with Gasteiger partial charge in [0.2, 0.25) is 0 Å². The fourth-order valence-corrected chi connectivity index (χ4v) is 3.37. The monoisotopic (exact) mass is 357 g/mol. The number of benzene rings is 1. The molecule has 2 aromatic rings. The third-order valence-electron chi connectivity index (χ3n) is 5.56. The molecule has 1 unspecified atom stereocenters. The molecule has 6 heteroatoms. The molecule has 2 heterocycles. The minimum Gasteiger partial charge on any atom is -0.466 e. The van der Waals surface area contributed by atoms with Crippen molar-refractivity contribution < 1.29 is 18.8 Å². The van der Waals surface area contributed by atoms with E-state index in [1.165, 1.54) is 5.56 Å². The predicted octanol–water partition coefficient (Wildman–Crippen LogP) is 4.14. The standard InChI is InChI=1S/C20H28BNO4/c1-7-24-18(23)11-16(21-25-19(3,4)20(5,6)26-21)15-12-22-17-9-8-13(2)10-14(15)17/h8-10,12,16,22H,7,11H2,1-6H3. The molecule has 3 rings (SSSR count). The molecule has 140 valence electrons. The Hall–Kier alpha value is -1.79. The number of hydrogen-bond donors (Lipinski definition) is 1. The number of aromatic nitrogens is 1. The maximum absolute atomic E-state index is 12.3. The molecule has 0 aliphatic carbocycles. The molecule has 1 aliphatic rings. The lowest BCUT2D eigenvalue weighted by Crippen LogP contribution is -2.41. The molecule has 1 aromatic heterocycles. The Bertz CT molecular complexity index is 795. The highest BCUT2D eigenvalue weighted by atomic mass is 16.7. The number of rotatable bonds is 5. The summed E-state index contributed by atoms with van der Waals surface area (Å²) in [5.74, 6) is -0.486. The summed E-state index contributed by atoms with van der Waals surface area (Å²) in [6.45, 7) is 12.3. The van der Waals surface area contributed by atoms with Gasteiger partial charge in [-0.2, -0.15) is 0 Å². The first kappa shape index (κ1) is 19.0. The fraction of sp³-hybridized carbons (Fsp3) is 0.550. The fourth-order valence-electron chi connectivity index (χ4n) is 3.37. The second-order valence-electron chi connectivity index (χ2n) is 8.03. The number of aryl methyl sites for hydroxylation is 1. The normalized spacial score (nSPS) is 19.7. The number of carbonyl (C=O) groups is 1. The first-order valence-electron chi connectivity index (χ1n) is 9.23. The van der Waals surface area contributed by atoms with Crippen molar-refractivity contribution in [2.75, 3.05) is 6.61 Å². The number of aromatic amines is 1. The average molecular weight is 357 g/mol. The molecule has 1 saturated heterocycles. The van der Waals surface area contributed by atoms with Crippen LogP contribution in [0.4, 0.5) is 0 Å². The minimum absolute atomic E-state index is 0.214. The Labute approximate surface area is 155 Å². The number of esters is 1. The summed E-state index contributed by atoms with van der Waals surface area (Å²) >= 11 is 0. The zero-order valence-electron chi connectivity index (χ0n) is 16.5. The third kappa shape index (κ3) is 3.40. The number of ether oxygens (including phenoxy) is 1. The highest BCUT2D eigenvalue weighted by Crippen LogP contribution is 2.43. The molecule has 0 radical (unpaired) electrons. The van der Waals surface area contributed by atoms with E-state index in [0.29, 0.717) is 6.61 Å². The molecule has 0 amide bonds. The van der Waals surface area contributed by atoms with E-state index in [0.717, 1.165) is 16.5 Å². The lowest BCUT2D eigenvalue weighted by Gasteiger charge is -2.32. The minimum atomic E-state index is -0.510. The highest BCUT2D eigenvalue weighted by Gasteiger charge is 2.54. The van der Waals surface area contributed by atoms with Gasteiger partial charge in [0.05, 0.1) is 24.2 Å². The van der Waals surface area contributed by atoms with E-state index in [4.69, 9.17) is 14.0 Å². The maximum atomic E-state index is 12.3. The van der Waals surface area contributed by atoms with Crippen LogP contribution >= 0.6 is 0 Å². The second kappa shape index (κ2) is 6.74. The van der Waals surface area contributed by atoms with Crippen molar-refractivity contribution in [3.63, 3.8) is 0 Å². The van der Waals surface area contributed by atoms with E-state index in [1.807, 2.05) is 40.8 Å². The second-order valence-corrected chi connectivity index (χ2v) is 8.03. The van der Waals surface area contributed by atoms with Gasteiger partial charge < -0.3 is 19.0 Å². The first-order valence-corrected chi connectivity index (χ1v) is 9.23. The lowest BCUT2D eigenvalue weighted by atomic mass is 9.66. The summed E-state index contributed by atoms with van der Waals surface area (Å²) in [6.07, 6.45) is 2.17. The smallest absolute Gasteiger partial charge is 0.466 e. The molecular weight excluding hydrogens is 329 g/mol. The summed E-state index contributed by atoms with van der Waals surface area (Å²) in [6, 6.07) is 6.25. The number of hydrogen-bond acceptors (Lipinski definition) is 4. The van der Waals surface area contributed by atoms with Crippen LogP contribution in [0.5, 0.6) is 0 Å². The summed E-state index contributed by atoms with van der Waals surface area (Å²) in [5.41, 5.74) is 2.33. The lowest BCUT2D eigenvalue weighted by molar-refractivity contribution is -0.143. The molecular formula is C20H28BNO4. The first-order chi connectivity index (χ1) is 12.1. The maximum Gasteiger partial charge on any atom is 0.466 e. The van der Waals surface area contributed by atoms with E-state index in [9.17, 15) is 4.79 Å². The van der Waals surface area contributed by atoms with Gasteiger partial charge in [0.1, 0.15) is 0 Å². The van der Waals surface area contributed by atoms with Crippen molar-refractivity contribution in [2.24, 2.45) is 0 Å². The summed E-state index contributed by atoms with van der Waals surface area (Å²) in [7, 11) is -0.510. The van der Waals surface area contributed by atoms with E-state index >= 15 is 0 Å². The zero-order valence-corrected chi connectivity index (χ0v) is 16.5. The Morgan fingerprint density at radius 1 is 1.23 bits per heavy atom. The van der Waals surface area contributed by atoms with Gasteiger partial charge in [0.15, 0.2) is 0 Å². The van der Waals surface area contributed by atoms with Crippen molar-refractivity contribution in [1.29, 1.82) is 0 Å². The van der Waals surface area contributed by atoms with Crippen LogP contribution in [0.1, 0.15) is 58.0 Å². The molecule has 1 aromatic carbocycles. The average Bonchev–Trinajstić information content (AvgIpc) is 3.03. The quantitative estimate of drug-likeness (QED) is 0.645. The van der Waals surface area contributed by atoms with Gasteiger partial charge in [-0.15, -0.1) is 0 Å². The number of carbonyl (C=O) groups excluding carboxylic acids is 1. The largest absolute Gasteiger partial charge is 0.466 e. The van der Waals surface area contributed by atoms with Gasteiger partial charge in [-0.1, -0.05) is 11.6 Å². The molecule has 1 fully saturated rings. The van der Waals surface area contributed by atoms with Crippen molar-refractivity contribution in [3.8, 4) is 0 Å². The Morgan fingerprint density at radius 2 is 1.88 bits per heavy atom. The van der Waals surface area contributed by atoms with Crippen molar-refractivity contribution in [3.05, 3.63) is 35.5 Å². The predicted molar refractivity (Wildman–Crippen MR) is 103 cm³/mol. The van der Waals surface area contributed by atoms with E-state index in [1.54, 1.807) is 0 Å². The molecule has 0 saturated carbocycles. The van der Waals surface area contributed by atoms with Crippen LogP contribution in [-0.4, -0.2) is 35.9 Å². The Balaban J connectivity index is 2.01. The molecule has 0 bridgehead atoms. The number of nitrogens with one attached hydrogen (secondary N) is 1. The van der Waals surface area contributed by atoms with Gasteiger partial charge in [-0.05, 0) is 59.2 Å². The van der Waals surface area contributed by atoms with Crippen LogP contribution in [0.15, 0.2) is 24.4 Å². The SMILES string of the molecule is CCOC(=O)CC(B1OC(C)(C)C(C)(C)O1)c1c[nH]c2ccc(C)cc12. The summed E-state index contributed by atoms with van der Waals surface area (Å²) < 4.78 is 17.7. The van der Waals surface area contributed by atoms with Crippen molar-refractivity contribution >= 4 is 24.0 Å². The molecule has 0 spiro atoms. The zero-order chi connectivity index (χ0) is 19.1.